The lowest BCUT2D eigenvalue weighted by atomic mass is 10.1. The van der Waals surface area contributed by atoms with Crippen LogP contribution in [0.2, 0.25) is 0 Å². The van der Waals surface area contributed by atoms with E-state index in [0.717, 1.165) is 16.7 Å². The third kappa shape index (κ3) is 4.68. The molecule has 0 atom stereocenters. The number of nitriles is 1. The van der Waals surface area contributed by atoms with E-state index >= 15 is 0 Å². The molecule has 0 aliphatic heterocycles. The molecule has 0 aliphatic carbocycles. The highest BCUT2D eigenvalue weighted by Crippen LogP contribution is 2.12. The molecule has 2 aromatic carbocycles. The first-order valence-corrected chi connectivity index (χ1v) is 7.61. The Hall–Kier alpha value is -3.13. The highest BCUT2D eigenvalue weighted by Gasteiger charge is 2.07. The van der Waals surface area contributed by atoms with E-state index in [1.807, 2.05) is 32.0 Å². The van der Waals surface area contributed by atoms with Crippen molar-refractivity contribution in [2.24, 2.45) is 0 Å². The minimum atomic E-state index is -0.353. The predicted octanol–water partition coefficient (Wildman–Crippen LogP) is 3.09. The fraction of sp³-hybridized carbons (Fsp3) is 0.211. The molecule has 2 amide bonds. The van der Waals surface area contributed by atoms with Gasteiger partial charge < -0.3 is 10.6 Å². The first kappa shape index (κ1) is 17.2. The van der Waals surface area contributed by atoms with Gasteiger partial charge >= 0.3 is 0 Å². The summed E-state index contributed by atoms with van der Waals surface area (Å²) in [5.41, 5.74) is 4.31. The van der Waals surface area contributed by atoms with Gasteiger partial charge in [-0.25, -0.2) is 0 Å². The van der Waals surface area contributed by atoms with E-state index in [9.17, 15) is 9.59 Å². The lowest BCUT2D eigenvalue weighted by Gasteiger charge is -2.09. The molecule has 0 unspecified atom stereocenters. The summed E-state index contributed by atoms with van der Waals surface area (Å²) >= 11 is 0. The third-order valence-electron chi connectivity index (χ3n) is 3.67. The second kappa shape index (κ2) is 7.93. The number of amides is 2. The molecule has 24 heavy (non-hydrogen) atoms. The largest absolute Gasteiger partial charge is 0.348 e. The summed E-state index contributed by atoms with van der Waals surface area (Å²) in [4.78, 5) is 23.6. The Morgan fingerprint density at radius 2 is 1.88 bits per heavy atom. The average molecular weight is 321 g/mol. The number of hydrogen-bond donors (Lipinski definition) is 2. The highest BCUT2D eigenvalue weighted by atomic mass is 16.2. The van der Waals surface area contributed by atoms with Gasteiger partial charge in [0.1, 0.15) is 6.42 Å². The average Bonchev–Trinajstić information content (AvgIpc) is 2.55. The van der Waals surface area contributed by atoms with Crippen molar-refractivity contribution in [3.05, 3.63) is 64.7 Å². The maximum atomic E-state index is 12.2. The van der Waals surface area contributed by atoms with Crippen LogP contribution in [0.15, 0.2) is 42.5 Å². The smallest absolute Gasteiger partial charge is 0.251 e. The van der Waals surface area contributed by atoms with E-state index in [4.69, 9.17) is 5.26 Å². The summed E-state index contributed by atoms with van der Waals surface area (Å²) in [7, 11) is 0. The van der Waals surface area contributed by atoms with E-state index in [2.05, 4.69) is 10.6 Å². The first-order chi connectivity index (χ1) is 11.5. The normalized spacial score (nSPS) is 9.88. The zero-order valence-corrected chi connectivity index (χ0v) is 13.7. The first-order valence-electron chi connectivity index (χ1n) is 7.61. The molecule has 0 heterocycles. The van der Waals surface area contributed by atoms with Crippen molar-refractivity contribution in [2.45, 2.75) is 26.8 Å². The van der Waals surface area contributed by atoms with Crippen LogP contribution in [0.4, 0.5) is 5.69 Å². The van der Waals surface area contributed by atoms with Crippen LogP contribution in [-0.2, 0) is 11.3 Å². The molecule has 5 nitrogen and oxygen atoms in total. The quantitative estimate of drug-likeness (QED) is 0.888. The third-order valence-corrected chi connectivity index (χ3v) is 3.67. The molecular weight excluding hydrogens is 302 g/mol. The van der Waals surface area contributed by atoms with Crippen molar-refractivity contribution in [1.82, 2.24) is 5.32 Å². The number of hydrogen-bond acceptors (Lipinski definition) is 3. The van der Waals surface area contributed by atoms with Gasteiger partial charge in [0.15, 0.2) is 0 Å². The van der Waals surface area contributed by atoms with Crippen molar-refractivity contribution in [2.75, 3.05) is 5.32 Å². The minimum absolute atomic E-state index is 0.142. The summed E-state index contributed by atoms with van der Waals surface area (Å²) in [6, 6.07) is 14.6. The van der Waals surface area contributed by atoms with E-state index < -0.39 is 0 Å². The van der Waals surface area contributed by atoms with E-state index in [-0.39, 0.29) is 18.2 Å². The zero-order chi connectivity index (χ0) is 17.5. The lowest BCUT2D eigenvalue weighted by Crippen LogP contribution is -2.23. The van der Waals surface area contributed by atoms with E-state index in [0.29, 0.717) is 17.8 Å². The summed E-state index contributed by atoms with van der Waals surface area (Å²) < 4.78 is 0. The molecule has 0 spiro atoms. The Kier molecular flexibility index (Phi) is 5.69. The van der Waals surface area contributed by atoms with Crippen LogP contribution in [0.3, 0.4) is 0 Å². The number of rotatable bonds is 5. The maximum Gasteiger partial charge on any atom is 0.251 e. The van der Waals surface area contributed by atoms with Crippen molar-refractivity contribution in [1.29, 1.82) is 5.26 Å². The standard InChI is InChI=1S/C19H19N3O2/c1-13-6-7-16(10-14(13)2)19(24)21-12-15-4-3-5-17(11-15)22-18(23)8-9-20/h3-7,10-11H,8,12H2,1-2H3,(H,21,24)(H,22,23). The van der Waals surface area contributed by atoms with E-state index in [1.165, 1.54) is 0 Å². The maximum absolute atomic E-state index is 12.2. The molecule has 2 N–H and O–H groups in total. The van der Waals surface area contributed by atoms with Crippen LogP contribution in [0.1, 0.15) is 33.5 Å². The van der Waals surface area contributed by atoms with Crippen LogP contribution >= 0.6 is 0 Å². The monoisotopic (exact) mass is 321 g/mol. The molecule has 0 bridgehead atoms. The molecule has 2 rings (SSSR count). The lowest BCUT2D eigenvalue weighted by molar-refractivity contribution is -0.115. The number of benzene rings is 2. The zero-order valence-electron chi connectivity index (χ0n) is 13.7. The Morgan fingerprint density at radius 1 is 1.08 bits per heavy atom. The number of nitrogens with one attached hydrogen (secondary N) is 2. The van der Waals surface area contributed by atoms with Crippen molar-refractivity contribution >= 4 is 17.5 Å². The molecule has 122 valence electrons. The topological polar surface area (TPSA) is 82.0 Å². The van der Waals surface area contributed by atoms with Crippen LogP contribution < -0.4 is 10.6 Å². The van der Waals surface area contributed by atoms with Gasteiger partial charge in [-0.3, -0.25) is 9.59 Å². The van der Waals surface area contributed by atoms with Crippen LogP contribution in [0, 0.1) is 25.2 Å². The Labute approximate surface area is 141 Å². The number of nitrogens with zero attached hydrogens (tertiary/aromatic N) is 1. The Bertz CT molecular complexity index is 806. The van der Waals surface area contributed by atoms with Crippen molar-refractivity contribution in [3.63, 3.8) is 0 Å². The second-order valence-electron chi connectivity index (χ2n) is 5.57. The molecule has 0 saturated carbocycles. The summed E-state index contributed by atoms with van der Waals surface area (Å²) in [5, 5.41) is 14.0. The molecular formula is C19H19N3O2. The molecule has 0 aliphatic rings. The Balaban J connectivity index is 1.98. The van der Waals surface area contributed by atoms with Crippen LogP contribution in [0.25, 0.3) is 0 Å². The molecule has 0 saturated heterocycles. The van der Waals surface area contributed by atoms with Crippen LogP contribution in [-0.4, -0.2) is 11.8 Å². The van der Waals surface area contributed by atoms with E-state index in [1.54, 1.807) is 30.3 Å². The van der Waals surface area contributed by atoms with Gasteiger partial charge in [0, 0.05) is 17.8 Å². The number of aryl methyl sites for hydroxylation is 2. The second-order valence-corrected chi connectivity index (χ2v) is 5.57. The van der Waals surface area contributed by atoms with Crippen molar-refractivity contribution < 1.29 is 9.59 Å². The highest BCUT2D eigenvalue weighted by molar-refractivity contribution is 5.94. The van der Waals surface area contributed by atoms with Gasteiger partial charge in [0.05, 0.1) is 6.07 Å². The SMILES string of the molecule is Cc1ccc(C(=O)NCc2cccc(NC(=O)CC#N)c2)cc1C. The van der Waals surface area contributed by atoms with Gasteiger partial charge in [-0.1, -0.05) is 18.2 Å². The summed E-state index contributed by atoms with van der Waals surface area (Å²) in [6.07, 6.45) is -0.187. The molecule has 2 aromatic rings. The fourth-order valence-electron chi connectivity index (χ4n) is 2.20. The number of carbonyl (C=O) groups excluding carboxylic acids is 2. The van der Waals surface area contributed by atoms with Gasteiger partial charge in [0.2, 0.25) is 5.91 Å². The fourth-order valence-corrected chi connectivity index (χ4v) is 2.20. The Morgan fingerprint density at radius 3 is 2.58 bits per heavy atom. The predicted molar refractivity (Wildman–Crippen MR) is 92.4 cm³/mol. The van der Waals surface area contributed by atoms with Crippen molar-refractivity contribution in [3.8, 4) is 6.07 Å². The van der Waals surface area contributed by atoms with Gasteiger partial charge in [-0.2, -0.15) is 5.26 Å². The van der Waals surface area contributed by atoms with Gasteiger partial charge in [0.25, 0.3) is 5.91 Å². The van der Waals surface area contributed by atoms with Gasteiger partial charge in [-0.15, -0.1) is 0 Å². The number of carbonyl (C=O) groups is 2. The molecule has 0 radical (unpaired) electrons. The summed E-state index contributed by atoms with van der Waals surface area (Å²) in [6.45, 7) is 4.33. The molecule has 5 heteroatoms. The summed E-state index contributed by atoms with van der Waals surface area (Å²) in [5.74, 6) is -0.495. The molecule has 0 fully saturated rings. The molecule has 0 aromatic heterocycles. The minimum Gasteiger partial charge on any atom is -0.348 e. The number of anilines is 1. The van der Waals surface area contributed by atoms with Gasteiger partial charge in [-0.05, 0) is 54.8 Å². The van der Waals surface area contributed by atoms with Crippen LogP contribution in [0.5, 0.6) is 0 Å².